The Morgan fingerprint density at radius 1 is 1.48 bits per heavy atom. The smallest absolute Gasteiger partial charge is 0.271 e. The molecule has 2 heterocycles. The Balaban J connectivity index is 0.00000225. The van der Waals surface area contributed by atoms with Crippen molar-refractivity contribution in [3.63, 3.8) is 0 Å². The summed E-state index contributed by atoms with van der Waals surface area (Å²) >= 11 is 1.30. The summed E-state index contributed by atoms with van der Waals surface area (Å²) in [5.74, 6) is -0.205. The van der Waals surface area contributed by atoms with E-state index in [4.69, 9.17) is 0 Å². The molecule has 0 spiro atoms. The van der Waals surface area contributed by atoms with Crippen molar-refractivity contribution >= 4 is 35.3 Å². The standard InChI is InChI=1S/C16H18N4O3S.ClH/c1-10-13(6-3-7-17-10)18-15(21)14-9-24-16(19-14)11-4-2-5-12(8-11)20(22)23;/h2,4-5,8-10,13,17H,3,6-7H2,1H3,(H,18,21);1H. The predicted octanol–water partition coefficient (Wildman–Crippen LogP) is 3.01. The summed E-state index contributed by atoms with van der Waals surface area (Å²) in [4.78, 5) is 27.1. The van der Waals surface area contributed by atoms with Crippen molar-refractivity contribution in [2.24, 2.45) is 0 Å². The van der Waals surface area contributed by atoms with Crippen molar-refractivity contribution in [1.82, 2.24) is 15.6 Å². The number of hydrogen-bond acceptors (Lipinski definition) is 6. The molecule has 9 heteroatoms. The Bertz CT molecular complexity index is 767. The number of nitro benzene ring substituents is 1. The molecule has 0 radical (unpaired) electrons. The third kappa shape index (κ3) is 4.53. The summed E-state index contributed by atoms with van der Waals surface area (Å²) < 4.78 is 0. The lowest BCUT2D eigenvalue weighted by Gasteiger charge is -2.30. The van der Waals surface area contributed by atoms with Crippen LogP contribution in [0, 0.1) is 10.1 Å². The van der Waals surface area contributed by atoms with Crippen molar-refractivity contribution in [1.29, 1.82) is 0 Å². The maximum Gasteiger partial charge on any atom is 0.271 e. The van der Waals surface area contributed by atoms with E-state index in [2.05, 4.69) is 22.5 Å². The molecule has 1 aromatic carbocycles. The zero-order valence-electron chi connectivity index (χ0n) is 13.6. The first kappa shape index (κ1) is 19.3. The Kier molecular flexibility index (Phi) is 6.46. The van der Waals surface area contributed by atoms with Gasteiger partial charge in [-0.2, -0.15) is 0 Å². The van der Waals surface area contributed by atoms with Gasteiger partial charge in [0, 0.05) is 35.2 Å². The maximum atomic E-state index is 12.4. The zero-order chi connectivity index (χ0) is 17.1. The van der Waals surface area contributed by atoms with E-state index < -0.39 is 4.92 Å². The number of thiazole rings is 1. The fraction of sp³-hybridized carbons (Fsp3) is 0.375. The Morgan fingerprint density at radius 3 is 3.00 bits per heavy atom. The van der Waals surface area contributed by atoms with Gasteiger partial charge in [0.05, 0.1) is 4.92 Å². The van der Waals surface area contributed by atoms with Crippen molar-refractivity contribution < 1.29 is 9.72 Å². The summed E-state index contributed by atoms with van der Waals surface area (Å²) in [5.41, 5.74) is 0.996. The first-order chi connectivity index (χ1) is 11.5. The highest BCUT2D eigenvalue weighted by atomic mass is 35.5. The minimum Gasteiger partial charge on any atom is -0.346 e. The lowest BCUT2D eigenvalue weighted by molar-refractivity contribution is -0.384. The van der Waals surface area contributed by atoms with Gasteiger partial charge >= 0.3 is 0 Å². The van der Waals surface area contributed by atoms with Gasteiger partial charge in [0.25, 0.3) is 11.6 Å². The van der Waals surface area contributed by atoms with Crippen molar-refractivity contribution in [3.8, 4) is 10.6 Å². The lowest BCUT2D eigenvalue weighted by Crippen LogP contribution is -2.51. The fourth-order valence-electron chi connectivity index (χ4n) is 2.75. The monoisotopic (exact) mass is 382 g/mol. The van der Waals surface area contributed by atoms with Gasteiger partial charge in [0.15, 0.2) is 0 Å². The number of non-ortho nitro benzene ring substituents is 1. The zero-order valence-corrected chi connectivity index (χ0v) is 15.2. The maximum absolute atomic E-state index is 12.4. The number of carbonyl (C=O) groups is 1. The van der Waals surface area contributed by atoms with Crippen LogP contribution in [0.15, 0.2) is 29.6 Å². The van der Waals surface area contributed by atoms with Gasteiger partial charge < -0.3 is 10.6 Å². The van der Waals surface area contributed by atoms with Crippen molar-refractivity contribution in [2.45, 2.75) is 31.8 Å². The largest absolute Gasteiger partial charge is 0.346 e. The molecule has 0 bridgehead atoms. The van der Waals surface area contributed by atoms with Gasteiger partial charge in [-0.25, -0.2) is 4.98 Å². The van der Waals surface area contributed by atoms with E-state index in [1.165, 1.54) is 23.5 Å². The quantitative estimate of drug-likeness (QED) is 0.625. The van der Waals surface area contributed by atoms with E-state index in [0.717, 1.165) is 19.4 Å². The van der Waals surface area contributed by atoms with Gasteiger partial charge in [-0.3, -0.25) is 14.9 Å². The molecule has 2 N–H and O–H groups in total. The van der Waals surface area contributed by atoms with Gasteiger partial charge in [-0.1, -0.05) is 12.1 Å². The summed E-state index contributed by atoms with van der Waals surface area (Å²) in [6.07, 6.45) is 1.98. The average Bonchev–Trinajstić information content (AvgIpc) is 3.07. The number of aromatic nitrogens is 1. The molecule has 1 aromatic heterocycles. The van der Waals surface area contributed by atoms with Crippen LogP contribution >= 0.6 is 23.7 Å². The third-order valence-electron chi connectivity index (χ3n) is 4.12. The highest BCUT2D eigenvalue weighted by Crippen LogP contribution is 2.27. The van der Waals surface area contributed by atoms with Crippen LogP contribution in [0.4, 0.5) is 5.69 Å². The molecule has 25 heavy (non-hydrogen) atoms. The molecular formula is C16H19ClN4O3S. The minimum atomic E-state index is -0.442. The predicted molar refractivity (Wildman–Crippen MR) is 99.4 cm³/mol. The molecule has 1 aliphatic rings. The van der Waals surface area contributed by atoms with Gasteiger partial charge in [-0.15, -0.1) is 23.7 Å². The van der Waals surface area contributed by atoms with Crippen molar-refractivity contribution in [3.05, 3.63) is 45.5 Å². The van der Waals surface area contributed by atoms with Crippen LogP contribution in [0.3, 0.4) is 0 Å². The molecule has 1 saturated heterocycles. The third-order valence-corrected chi connectivity index (χ3v) is 5.01. The Morgan fingerprint density at radius 2 is 2.28 bits per heavy atom. The molecule has 134 valence electrons. The van der Waals surface area contributed by atoms with E-state index in [0.29, 0.717) is 16.3 Å². The Labute approximate surface area is 155 Å². The summed E-state index contributed by atoms with van der Waals surface area (Å²) in [7, 11) is 0. The number of rotatable bonds is 4. The van der Waals surface area contributed by atoms with E-state index in [-0.39, 0.29) is 36.1 Å². The molecule has 2 unspecified atom stereocenters. The molecule has 1 amide bonds. The molecule has 3 rings (SSSR count). The molecule has 1 fully saturated rings. The number of hydrogen-bond donors (Lipinski definition) is 2. The normalized spacial score (nSPS) is 19.7. The van der Waals surface area contributed by atoms with Crippen LogP contribution in [-0.4, -0.2) is 34.4 Å². The number of nitro groups is 1. The number of halogens is 1. The molecular weight excluding hydrogens is 364 g/mol. The SMILES string of the molecule is CC1NCCCC1NC(=O)c1csc(-c2cccc([N+](=O)[O-])c2)n1.Cl. The first-order valence-corrected chi connectivity index (χ1v) is 8.67. The number of amides is 1. The number of nitrogens with zero attached hydrogens (tertiary/aromatic N) is 2. The number of piperidine rings is 1. The van der Waals surface area contributed by atoms with Gasteiger partial charge in [0.2, 0.25) is 0 Å². The van der Waals surface area contributed by atoms with Gasteiger partial charge in [0.1, 0.15) is 10.7 Å². The van der Waals surface area contributed by atoms with E-state index in [1.807, 2.05) is 0 Å². The number of benzene rings is 1. The topological polar surface area (TPSA) is 97.2 Å². The van der Waals surface area contributed by atoms with Crippen LogP contribution in [-0.2, 0) is 0 Å². The van der Waals surface area contributed by atoms with E-state index in [1.54, 1.807) is 17.5 Å². The number of nitrogens with one attached hydrogen (secondary N) is 2. The van der Waals surface area contributed by atoms with E-state index >= 15 is 0 Å². The molecule has 0 saturated carbocycles. The van der Waals surface area contributed by atoms with Crippen molar-refractivity contribution in [2.75, 3.05) is 6.54 Å². The lowest BCUT2D eigenvalue weighted by atomic mass is 10.00. The molecule has 7 nitrogen and oxygen atoms in total. The van der Waals surface area contributed by atoms with E-state index in [9.17, 15) is 14.9 Å². The summed E-state index contributed by atoms with van der Waals surface area (Å²) in [6.45, 7) is 3.03. The molecule has 1 aliphatic heterocycles. The number of carbonyl (C=O) groups excluding carboxylic acids is 1. The molecule has 0 aliphatic carbocycles. The highest BCUT2D eigenvalue weighted by Gasteiger charge is 2.24. The Hall–Kier alpha value is -2.03. The van der Waals surface area contributed by atoms with Crippen LogP contribution in [0.25, 0.3) is 10.6 Å². The highest BCUT2D eigenvalue weighted by molar-refractivity contribution is 7.13. The second kappa shape index (κ2) is 8.37. The van der Waals surface area contributed by atoms with Crippen LogP contribution < -0.4 is 10.6 Å². The van der Waals surface area contributed by atoms with Gasteiger partial charge in [-0.05, 0) is 26.3 Å². The average molecular weight is 383 g/mol. The molecule has 2 aromatic rings. The molecule has 2 atom stereocenters. The minimum absolute atomic E-state index is 0. The van der Waals surface area contributed by atoms with Crippen LogP contribution in [0.2, 0.25) is 0 Å². The second-order valence-corrected chi connectivity index (χ2v) is 6.67. The summed E-state index contributed by atoms with van der Waals surface area (Å²) in [5, 5.41) is 19.5. The second-order valence-electron chi connectivity index (χ2n) is 5.81. The summed E-state index contributed by atoms with van der Waals surface area (Å²) in [6, 6.07) is 6.59. The van der Waals surface area contributed by atoms with Crippen LogP contribution in [0.1, 0.15) is 30.3 Å². The van der Waals surface area contributed by atoms with Crippen LogP contribution in [0.5, 0.6) is 0 Å². The first-order valence-electron chi connectivity index (χ1n) is 7.79. The fourth-order valence-corrected chi connectivity index (χ4v) is 3.54.